The Hall–Kier alpha value is -0.940. The van der Waals surface area contributed by atoms with Crippen molar-refractivity contribution in [1.82, 2.24) is 10.2 Å². The van der Waals surface area contributed by atoms with Crippen molar-refractivity contribution in [1.29, 1.82) is 0 Å². The molecule has 1 aromatic carbocycles. The molecule has 2 N–H and O–H groups in total. The fourth-order valence-electron chi connectivity index (χ4n) is 2.49. The Morgan fingerprint density at radius 1 is 1.20 bits per heavy atom. The number of hydrogen-bond donors (Lipinski definition) is 2. The molecule has 1 unspecified atom stereocenters. The molecule has 0 aromatic heterocycles. The molecule has 1 aliphatic rings. The van der Waals surface area contributed by atoms with Crippen LogP contribution >= 0.6 is 0 Å². The summed E-state index contributed by atoms with van der Waals surface area (Å²) < 4.78 is 5.57. The minimum absolute atomic E-state index is 0.371. The molecule has 1 fully saturated rings. The number of ether oxygens (including phenoxy) is 1. The van der Waals surface area contributed by atoms with Crippen LogP contribution in [-0.2, 0) is 11.2 Å². The quantitative estimate of drug-likeness (QED) is 0.694. The second kappa shape index (κ2) is 9.08. The van der Waals surface area contributed by atoms with Gasteiger partial charge in [-0.15, -0.1) is 0 Å². The van der Waals surface area contributed by atoms with Crippen LogP contribution in [0.15, 0.2) is 30.3 Å². The molecule has 4 nitrogen and oxygen atoms in total. The van der Waals surface area contributed by atoms with E-state index < -0.39 is 0 Å². The molecule has 0 radical (unpaired) electrons. The molecule has 1 aliphatic heterocycles. The van der Waals surface area contributed by atoms with Gasteiger partial charge in [0.25, 0.3) is 0 Å². The van der Waals surface area contributed by atoms with E-state index in [0.29, 0.717) is 13.2 Å². The third-order valence-electron chi connectivity index (χ3n) is 3.59. The van der Waals surface area contributed by atoms with Crippen LogP contribution in [-0.4, -0.2) is 62.0 Å². The zero-order chi connectivity index (χ0) is 14.0. The standard InChI is InChI=1S/C16H26N2O2/c19-16(13-18-10-8-17-9-11-18)14-20-12-4-7-15-5-2-1-3-6-15/h1-3,5-6,16-17,19H,4,7-14H2. The van der Waals surface area contributed by atoms with E-state index in [1.165, 1.54) is 5.56 Å². The molecule has 0 spiro atoms. The summed E-state index contributed by atoms with van der Waals surface area (Å²) in [5, 5.41) is 13.2. The maximum atomic E-state index is 9.93. The van der Waals surface area contributed by atoms with Crippen LogP contribution < -0.4 is 5.32 Å². The molecule has 4 heteroatoms. The van der Waals surface area contributed by atoms with Crippen LogP contribution in [0.3, 0.4) is 0 Å². The van der Waals surface area contributed by atoms with Gasteiger partial charge in [0.15, 0.2) is 0 Å². The zero-order valence-electron chi connectivity index (χ0n) is 12.1. The average Bonchev–Trinajstić information content (AvgIpc) is 2.49. The lowest BCUT2D eigenvalue weighted by Gasteiger charge is -2.28. The van der Waals surface area contributed by atoms with E-state index in [0.717, 1.165) is 45.6 Å². The maximum Gasteiger partial charge on any atom is 0.0900 e. The van der Waals surface area contributed by atoms with Gasteiger partial charge in [-0.05, 0) is 18.4 Å². The van der Waals surface area contributed by atoms with Gasteiger partial charge in [-0.2, -0.15) is 0 Å². The Morgan fingerprint density at radius 2 is 1.95 bits per heavy atom. The van der Waals surface area contributed by atoms with Crippen LogP contribution in [0.5, 0.6) is 0 Å². The molecule has 0 aliphatic carbocycles. The van der Waals surface area contributed by atoms with Crippen molar-refractivity contribution in [2.24, 2.45) is 0 Å². The summed E-state index contributed by atoms with van der Waals surface area (Å²) in [5.74, 6) is 0. The van der Waals surface area contributed by atoms with Crippen LogP contribution in [0.4, 0.5) is 0 Å². The van der Waals surface area contributed by atoms with E-state index in [4.69, 9.17) is 4.74 Å². The van der Waals surface area contributed by atoms with Gasteiger partial charge in [0.05, 0.1) is 12.7 Å². The molecule has 0 bridgehead atoms. The minimum atomic E-state index is -0.371. The average molecular weight is 278 g/mol. The molecule has 0 amide bonds. The molecular weight excluding hydrogens is 252 g/mol. The summed E-state index contributed by atoms with van der Waals surface area (Å²) in [6.45, 7) is 5.96. The lowest BCUT2D eigenvalue weighted by Crippen LogP contribution is -2.47. The van der Waals surface area contributed by atoms with Gasteiger partial charge in [0.1, 0.15) is 0 Å². The van der Waals surface area contributed by atoms with E-state index in [1.807, 2.05) is 6.07 Å². The fourth-order valence-corrected chi connectivity index (χ4v) is 2.49. The number of piperazine rings is 1. The summed E-state index contributed by atoms with van der Waals surface area (Å²) in [5.41, 5.74) is 1.34. The van der Waals surface area contributed by atoms with Crippen molar-refractivity contribution in [2.75, 3.05) is 45.9 Å². The monoisotopic (exact) mass is 278 g/mol. The van der Waals surface area contributed by atoms with E-state index in [2.05, 4.69) is 34.5 Å². The lowest BCUT2D eigenvalue weighted by molar-refractivity contribution is 0.0142. The van der Waals surface area contributed by atoms with Crippen molar-refractivity contribution in [3.05, 3.63) is 35.9 Å². The predicted molar refractivity (Wildman–Crippen MR) is 80.9 cm³/mol. The Labute approximate surface area is 121 Å². The summed E-state index contributed by atoms with van der Waals surface area (Å²) in [6, 6.07) is 10.4. The first-order chi connectivity index (χ1) is 9.84. The van der Waals surface area contributed by atoms with Crippen LogP contribution in [0.25, 0.3) is 0 Å². The van der Waals surface area contributed by atoms with Crippen molar-refractivity contribution in [2.45, 2.75) is 18.9 Å². The molecule has 1 atom stereocenters. The number of aliphatic hydroxyl groups excluding tert-OH is 1. The summed E-state index contributed by atoms with van der Waals surface area (Å²) in [7, 11) is 0. The number of aryl methyl sites for hydroxylation is 1. The summed E-state index contributed by atoms with van der Waals surface area (Å²) in [6.07, 6.45) is 1.67. The molecular formula is C16H26N2O2. The highest BCUT2D eigenvalue weighted by atomic mass is 16.5. The van der Waals surface area contributed by atoms with Gasteiger partial charge >= 0.3 is 0 Å². The van der Waals surface area contributed by atoms with Gasteiger partial charge in [0, 0.05) is 39.3 Å². The number of benzene rings is 1. The number of β-amino-alcohol motifs (C(OH)–C–C–N with tert-alkyl or cyclic N) is 1. The molecule has 20 heavy (non-hydrogen) atoms. The Bertz CT molecular complexity index is 353. The van der Waals surface area contributed by atoms with Crippen LogP contribution in [0, 0.1) is 0 Å². The van der Waals surface area contributed by atoms with Gasteiger partial charge in [0.2, 0.25) is 0 Å². The molecule has 0 saturated carbocycles. The van der Waals surface area contributed by atoms with Crippen molar-refractivity contribution >= 4 is 0 Å². The van der Waals surface area contributed by atoms with Crippen LogP contribution in [0.1, 0.15) is 12.0 Å². The third-order valence-corrected chi connectivity index (χ3v) is 3.59. The molecule has 112 valence electrons. The second-order valence-electron chi connectivity index (χ2n) is 5.37. The molecule has 1 saturated heterocycles. The first-order valence-electron chi connectivity index (χ1n) is 7.57. The largest absolute Gasteiger partial charge is 0.389 e. The normalized spacial score (nSPS) is 18.1. The van der Waals surface area contributed by atoms with Gasteiger partial charge in [-0.25, -0.2) is 0 Å². The first-order valence-corrected chi connectivity index (χ1v) is 7.57. The summed E-state index contributed by atoms with van der Waals surface area (Å²) in [4.78, 5) is 2.29. The highest BCUT2D eigenvalue weighted by molar-refractivity contribution is 5.14. The van der Waals surface area contributed by atoms with Gasteiger partial charge in [-0.1, -0.05) is 30.3 Å². The second-order valence-corrected chi connectivity index (χ2v) is 5.37. The Kier molecular flexibility index (Phi) is 7.01. The zero-order valence-corrected chi connectivity index (χ0v) is 12.1. The smallest absolute Gasteiger partial charge is 0.0900 e. The highest BCUT2D eigenvalue weighted by Crippen LogP contribution is 2.03. The fraction of sp³-hybridized carbons (Fsp3) is 0.625. The minimum Gasteiger partial charge on any atom is -0.389 e. The van der Waals surface area contributed by atoms with Crippen LogP contribution in [0.2, 0.25) is 0 Å². The van der Waals surface area contributed by atoms with E-state index in [-0.39, 0.29) is 6.10 Å². The topological polar surface area (TPSA) is 44.7 Å². The number of nitrogens with zero attached hydrogens (tertiary/aromatic N) is 1. The van der Waals surface area contributed by atoms with Crippen molar-refractivity contribution in [3.63, 3.8) is 0 Å². The molecule has 2 rings (SSSR count). The van der Waals surface area contributed by atoms with Gasteiger partial charge in [-0.3, -0.25) is 4.90 Å². The van der Waals surface area contributed by atoms with Crippen molar-refractivity contribution < 1.29 is 9.84 Å². The Balaban J connectivity index is 1.50. The maximum absolute atomic E-state index is 9.93. The highest BCUT2D eigenvalue weighted by Gasteiger charge is 2.14. The van der Waals surface area contributed by atoms with Gasteiger partial charge < -0.3 is 15.2 Å². The van der Waals surface area contributed by atoms with E-state index in [9.17, 15) is 5.11 Å². The molecule has 1 heterocycles. The predicted octanol–water partition coefficient (Wildman–Crippen LogP) is 0.902. The first kappa shape index (κ1) is 15.4. The number of aliphatic hydroxyl groups is 1. The number of rotatable bonds is 8. The molecule has 1 aromatic rings. The summed E-state index contributed by atoms with van der Waals surface area (Å²) >= 11 is 0. The van der Waals surface area contributed by atoms with Crippen molar-refractivity contribution in [3.8, 4) is 0 Å². The van der Waals surface area contributed by atoms with E-state index >= 15 is 0 Å². The van der Waals surface area contributed by atoms with E-state index in [1.54, 1.807) is 0 Å². The lowest BCUT2D eigenvalue weighted by atomic mass is 10.1. The number of nitrogens with one attached hydrogen (secondary N) is 1. The third kappa shape index (κ3) is 6.01. The Morgan fingerprint density at radius 3 is 2.70 bits per heavy atom. The number of hydrogen-bond acceptors (Lipinski definition) is 4. The SMILES string of the molecule is OC(COCCCc1ccccc1)CN1CCNCC1.